The summed E-state index contributed by atoms with van der Waals surface area (Å²) in [7, 11) is 1.58. The Kier molecular flexibility index (Phi) is 4.29. The second-order valence-electron chi connectivity index (χ2n) is 4.33. The van der Waals surface area contributed by atoms with Gasteiger partial charge in [-0.05, 0) is 25.1 Å². The Balaban J connectivity index is 2.34. The number of aryl methyl sites for hydroxylation is 1. The van der Waals surface area contributed by atoms with Crippen molar-refractivity contribution >= 4 is 28.9 Å². The van der Waals surface area contributed by atoms with Gasteiger partial charge in [0, 0.05) is 17.7 Å². The van der Waals surface area contributed by atoms with Gasteiger partial charge >= 0.3 is 0 Å². The number of nitrogen functional groups attached to an aromatic ring is 1. The highest BCUT2D eigenvalue weighted by Gasteiger charge is 2.09. The number of nitrogens with two attached hydrogens (primary N) is 1. The van der Waals surface area contributed by atoms with Crippen LogP contribution >= 0.6 is 11.6 Å². The lowest BCUT2D eigenvalue weighted by atomic mass is 10.2. The van der Waals surface area contributed by atoms with E-state index >= 15 is 0 Å². The molecular weight excluding hydrogens is 276 g/mol. The van der Waals surface area contributed by atoms with E-state index in [-0.39, 0.29) is 0 Å². The molecule has 1 heterocycles. The van der Waals surface area contributed by atoms with E-state index in [4.69, 9.17) is 22.1 Å². The third-order valence-corrected chi connectivity index (χ3v) is 3.26. The Hall–Kier alpha value is -2.01. The molecule has 0 unspecified atom stereocenters. The van der Waals surface area contributed by atoms with Gasteiger partial charge in [0.05, 0.1) is 12.1 Å². The number of ether oxygens (including phenoxy) is 1. The van der Waals surface area contributed by atoms with Gasteiger partial charge in [-0.2, -0.15) is 0 Å². The van der Waals surface area contributed by atoms with Crippen molar-refractivity contribution in [3.63, 3.8) is 0 Å². The fourth-order valence-corrected chi connectivity index (χ4v) is 2.00. The summed E-state index contributed by atoms with van der Waals surface area (Å²) in [6.07, 6.45) is 0.725. The van der Waals surface area contributed by atoms with Crippen LogP contribution in [0.2, 0.25) is 5.02 Å². The summed E-state index contributed by atoms with van der Waals surface area (Å²) in [6.45, 7) is 3.86. The first-order valence-electron chi connectivity index (χ1n) is 6.28. The number of hydrogen-bond donors (Lipinski definition) is 2. The summed E-state index contributed by atoms with van der Waals surface area (Å²) in [6, 6.07) is 5.45. The minimum Gasteiger partial charge on any atom is -0.495 e. The highest BCUT2D eigenvalue weighted by molar-refractivity contribution is 6.32. The average Bonchev–Trinajstić information content (AvgIpc) is 2.43. The Bertz CT molecular complexity index is 631. The number of nitrogens with one attached hydrogen (secondary N) is 1. The molecule has 106 valence electrons. The molecule has 0 saturated carbocycles. The van der Waals surface area contributed by atoms with E-state index in [1.807, 2.05) is 19.9 Å². The number of hydrogen-bond acceptors (Lipinski definition) is 5. The van der Waals surface area contributed by atoms with Crippen LogP contribution in [-0.4, -0.2) is 17.1 Å². The lowest BCUT2D eigenvalue weighted by Crippen LogP contribution is -2.06. The van der Waals surface area contributed by atoms with E-state index in [2.05, 4.69) is 15.3 Å². The molecule has 0 aliphatic carbocycles. The molecule has 2 aromatic rings. The van der Waals surface area contributed by atoms with Crippen molar-refractivity contribution in [2.75, 3.05) is 18.2 Å². The van der Waals surface area contributed by atoms with Crippen molar-refractivity contribution in [3.8, 4) is 5.75 Å². The molecule has 0 atom stereocenters. The molecule has 5 nitrogen and oxygen atoms in total. The van der Waals surface area contributed by atoms with Crippen LogP contribution in [0.4, 0.5) is 17.3 Å². The van der Waals surface area contributed by atoms with Crippen LogP contribution < -0.4 is 15.8 Å². The first-order chi connectivity index (χ1) is 9.55. The van der Waals surface area contributed by atoms with Gasteiger partial charge in [-0.15, -0.1) is 0 Å². The molecular formula is C14H17ClN4O. The van der Waals surface area contributed by atoms with Crippen LogP contribution in [0.1, 0.15) is 18.3 Å². The van der Waals surface area contributed by atoms with Gasteiger partial charge in [-0.25, -0.2) is 9.97 Å². The molecule has 0 aliphatic rings. The molecule has 0 radical (unpaired) electrons. The zero-order chi connectivity index (χ0) is 14.7. The van der Waals surface area contributed by atoms with Crippen molar-refractivity contribution in [2.24, 2.45) is 0 Å². The quantitative estimate of drug-likeness (QED) is 0.904. The van der Waals surface area contributed by atoms with Crippen molar-refractivity contribution in [1.82, 2.24) is 9.97 Å². The standard InChI is InChI=1S/C14H17ClN4O/c1-4-12-18-13(16)8(2)14(19-12)17-9-5-6-11(20-3)10(15)7-9/h5-7H,4H2,1-3H3,(H3,16,17,18,19). The van der Waals surface area contributed by atoms with Crippen LogP contribution in [0.25, 0.3) is 0 Å². The maximum atomic E-state index is 6.10. The van der Waals surface area contributed by atoms with Gasteiger partial charge in [0.25, 0.3) is 0 Å². The molecule has 2 rings (SSSR count). The molecule has 0 bridgehead atoms. The molecule has 0 spiro atoms. The van der Waals surface area contributed by atoms with Crippen molar-refractivity contribution in [3.05, 3.63) is 34.6 Å². The van der Waals surface area contributed by atoms with E-state index in [1.165, 1.54) is 0 Å². The third-order valence-electron chi connectivity index (χ3n) is 2.96. The maximum Gasteiger partial charge on any atom is 0.139 e. The molecule has 3 N–H and O–H groups in total. The molecule has 6 heteroatoms. The van der Waals surface area contributed by atoms with Crippen LogP contribution in [-0.2, 0) is 6.42 Å². The fourth-order valence-electron chi connectivity index (χ4n) is 1.74. The average molecular weight is 293 g/mol. The van der Waals surface area contributed by atoms with Gasteiger partial charge in [0.15, 0.2) is 0 Å². The number of benzene rings is 1. The van der Waals surface area contributed by atoms with E-state index < -0.39 is 0 Å². The number of rotatable bonds is 4. The Morgan fingerprint density at radius 1 is 1.35 bits per heavy atom. The van der Waals surface area contributed by atoms with Crippen LogP contribution in [0.3, 0.4) is 0 Å². The molecule has 1 aromatic carbocycles. The topological polar surface area (TPSA) is 73.1 Å². The summed E-state index contributed by atoms with van der Waals surface area (Å²) < 4.78 is 5.12. The van der Waals surface area contributed by atoms with E-state index in [0.717, 1.165) is 17.7 Å². The van der Waals surface area contributed by atoms with E-state index in [0.29, 0.717) is 28.2 Å². The molecule has 1 aromatic heterocycles. The summed E-state index contributed by atoms with van der Waals surface area (Å²) in [5, 5.41) is 3.74. The largest absolute Gasteiger partial charge is 0.495 e. The SMILES string of the molecule is CCc1nc(N)c(C)c(Nc2ccc(OC)c(Cl)c2)n1. The number of anilines is 3. The zero-order valence-corrected chi connectivity index (χ0v) is 12.5. The smallest absolute Gasteiger partial charge is 0.139 e. The molecule has 0 fully saturated rings. The van der Waals surface area contributed by atoms with Crippen molar-refractivity contribution in [1.29, 1.82) is 0 Å². The fraction of sp³-hybridized carbons (Fsp3) is 0.286. The summed E-state index contributed by atoms with van der Waals surface area (Å²) in [4.78, 5) is 8.66. The van der Waals surface area contributed by atoms with Gasteiger partial charge in [0.1, 0.15) is 23.2 Å². The summed E-state index contributed by atoms with van der Waals surface area (Å²) >= 11 is 6.10. The van der Waals surface area contributed by atoms with Gasteiger partial charge in [-0.3, -0.25) is 0 Å². The van der Waals surface area contributed by atoms with Crippen LogP contribution in [0.5, 0.6) is 5.75 Å². The number of methoxy groups -OCH3 is 1. The van der Waals surface area contributed by atoms with E-state index in [9.17, 15) is 0 Å². The number of aromatic nitrogens is 2. The minimum absolute atomic E-state index is 0.485. The zero-order valence-electron chi connectivity index (χ0n) is 11.7. The lowest BCUT2D eigenvalue weighted by molar-refractivity contribution is 0.415. The molecule has 20 heavy (non-hydrogen) atoms. The Morgan fingerprint density at radius 2 is 2.10 bits per heavy atom. The second kappa shape index (κ2) is 5.96. The van der Waals surface area contributed by atoms with Crippen LogP contribution in [0.15, 0.2) is 18.2 Å². The lowest BCUT2D eigenvalue weighted by Gasteiger charge is -2.12. The third kappa shape index (κ3) is 2.93. The highest BCUT2D eigenvalue weighted by atomic mass is 35.5. The number of halogens is 1. The minimum atomic E-state index is 0.485. The monoisotopic (exact) mass is 292 g/mol. The van der Waals surface area contributed by atoms with E-state index in [1.54, 1.807) is 19.2 Å². The van der Waals surface area contributed by atoms with Crippen molar-refractivity contribution in [2.45, 2.75) is 20.3 Å². The summed E-state index contributed by atoms with van der Waals surface area (Å²) in [5.41, 5.74) is 7.52. The predicted octanol–water partition coefficient (Wildman–Crippen LogP) is 3.34. The molecule has 0 saturated heterocycles. The Labute approximate surface area is 123 Å². The van der Waals surface area contributed by atoms with Crippen molar-refractivity contribution < 1.29 is 4.74 Å². The second-order valence-corrected chi connectivity index (χ2v) is 4.73. The molecule has 0 aliphatic heterocycles. The first kappa shape index (κ1) is 14.4. The predicted molar refractivity (Wildman–Crippen MR) is 81.8 cm³/mol. The molecule has 0 amide bonds. The first-order valence-corrected chi connectivity index (χ1v) is 6.66. The van der Waals surface area contributed by atoms with Gasteiger partial charge in [0.2, 0.25) is 0 Å². The van der Waals surface area contributed by atoms with Gasteiger partial charge in [-0.1, -0.05) is 18.5 Å². The van der Waals surface area contributed by atoms with Gasteiger partial charge < -0.3 is 15.8 Å². The number of nitrogens with zero attached hydrogens (tertiary/aromatic N) is 2. The summed E-state index contributed by atoms with van der Waals surface area (Å²) in [5.74, 6) is 2.51. The van der Waals surface area contributed by atoms with Crippen LogP contribution in [0, 0.1) is 6.92 Å². The maximum absolute atomic E-state index is 6.10. The Morgan fingerprint density at radius 3 is 2.70 bits per heavy atom. The highest BCUT2D eigenvalue weighted by Crippen LogP contribution is 2.29. The normalized spacial score (nSPS) is 10.4.